The zero-order chi connectivity index (χ0) is 17.7. The second kappa shape index (κ2) is 5.43. The van der Waals surface area contributed by atoms with E-state index in [1.54, 1.807) is 13.8 Å². The summed E-state index contributed by atoms with van der Waals surface area (Å²) in [5.41, 5.74) is 5.27. The number of rotatable bonds is 3. The first kappa shape index (κ1) is 17.1. The molecule has 0 saturated carbocycles. The highest BCUT2D eigenvalue weighted by Crippen LogP contribution is 2.45. The van der Waals surface area contributed by atoms with E-state index in [0.29, 0.717) is 0 Å². The molecule has 0 fully saturated rings. The van der Waals surface area contributed by atoms with E-state index < -0.39 is 51.9 Å². The first-order valence-corrected chi connectivity index (χ1v) is 6.39. The molecule has 0 heterocycles. The van der Waals surface area contributed by atoms with Gasteiger partial charge in [-0.25, -0.2) is 8.78 Å². The van der Waals surface area contributed by atoms with Crippen molar-refractivity contribution in [1.82, 2.24) is 0 Å². The van der Waals surface area contributed by atoms with Crippen molar-refractivity contribution in [1.29, 1.82) is 0 Å². The number of nitrogen functional groups attached to an aromatic ring is 1. The Kier molecular flexibility index (Phi) is 4.03. The molecule has 0 unspecified atom stereocenters. The van der Waals surface area contributed by atoms with Crippen LogP contribution in [-0.2, 0) is 0 Å². The molecule has 5 N–H and O–H groups in total. The molecule has 126 valence electrons. The molecule has 0 aromatic heterocycles. The third-order valence-electron chi connectivity index (χ3n) is 3.25. The molecule has 0 spiro atoms. The lowest BCUT2D eigenvalue weighted by molar-refractivity contribution is -0.375. The lowest BCUT2D eigenvalue weighted by Gasteiger charge is -2.20. The van der Waals surface area contributed by atoms with Crippen LogP contribution in [0.15, 0.2) is 6.07 Å². The molecule has 2 aromatic carbocycles. The maximum Gasteiger partial charge on any atom is 0.492 e. The Bertz CT molecular complexity index is 787. The molecule has 23 heavy (non-hydrogen) atoms. The average molecular weight is 335 g/mol. The van der Waals surface area contributed by atoms with Gasteiger partial charge < -0.3 is 25.8 Å². The van der Waals surface area contributed by atoms with Gasteiger partial charge in [0.1, 0.15) is 5.75 Å². The van der Waals surface area contributed by atoms with Crippen molar-refractivity contribution in [3.63, 3.8) is 0 Å². The summed E-state index contributed by atoms with van der Waals surface area (Å²) in [5, 5.41) is 25.8. The maximum absolute atomic E-state index is 14.1. The molecule has 9 heteroatoms. The van der Waals surface area contributed by atoms with Crippen molar-refractivity contribution in [3.8, 4) is 11.5 Å². The Morgan fingerprint density at radius 2 is 1.65 bits per heavy atom. The van der Waals surface area contributed by atoms with Gasteiger partial charge in [0.05, 0.1) is 11.1 Å². The van der Waals surface area contributed by atoms with Gasteiger partial charge >= 0.3 is 6.23 Å². The monoisotopic (exact) mass is 335 g/mol. The second-order valence-corrected chi connectivity index (χ2v) is 5.21. The minimum Gasteiger partial charge on any atom is -0.505 e. The fourth-order valence-electron chi connectivity index (χ4n) is 2.27. The lowest BCUT2D eigenvalue weighted by atomic mass is 9.93. The molecule has 0 radical (unpaired) electrons. The highest BCUT2D eigenvalue weighted by Gasteiger charge is 2.33. The molecule has 0 saturated heterocycles. The van der Waals surface area contributed by atoms with Gasteiger partial charge in [-0.3, -0.25) is 0 Å². The van der Waals surface area contributed by atoms with E-state index in [2.05, 4.69) is 4.74 Å². The van der Waals surface area contributed by atoms with Crippen LogP contribution in [0.4, 0.5) is 23.2 Å². The number of phenolic OH excluding ortho intramolecular Hbond substituents is 1. The van der Waals surface area contributed by atoms with Crippen molar-refractivity contribution < 1.29 is 37.6 Å². The van der Waals surface area contributed by atoms with Crippen LogP contribution in [0.5, 0.6) is 11.5 Å². The fourth-order valence-corrected chi connectivity index (χ4v) is 2.27. The molecule has 0 atom stereocenters. The average Bonchev–Trinajstić information content (AvgIpc) is 2.42. The largest absolute Gasteiger partial charge is 0.505 e. The van der Waals surface area contributed by atoms with Crippen LogP contribution in [0.25, 0.3) is 10.8 Å². The maximum atomic E-state index is 14.1. The van der Waals surface area contributed by atoms with Crippen LogP contribution in [-0.4, -0.2) is 21.5 Å². The fraction of sp³-hybridized carbons (Fsp3) is 0.286. The van der Waals surface area contributed by atoms with Crippen LogP contribution in [0.2, 0.25) is 0 Å². The van der Waals surface area contributed by atoms with Crippen molar-refractivity contribution >= 4 is 16.5 Å². The molecule has 0 aliphatic rings. The highest BCUT2D eigenvalue weighted by atomic mass is 19.2. The van der Waals surface area contributed by atoms with E-state index in [1.165, 1.54) is 0 Å². The summed E-state index contributed by atoms with van der Waals surface area (Å²) >= 11 is 0. The predicted octanol–water partition coefficient (Wildman–Crippen LogP) is 2.61. The van der Waals surface area contributed by atoms with Crippen LogP contribution in [0, 0.1) is 17.5 Å². The predicted molar refractivity (Wildman–Crippen MR) is 72.9 cm³/mol. The van der Waals surface area contributed by atoms with Gasteiger partial charge in [0.15, 0.2) is 17.4 Å². The number of anilines is 1. The number of hydrogen-bond donors (Lipinski definition) is 4. The van der Waals surface area contributed by atoms with Crippen LogP contribution < -0.4 is 10.5 Å². The van der Waals surface area contributed by atoms with Gasteiger partial charge in [0.2, 0.25) is 5.82 Å². The van der Waals surface area contributed by atoms with Crippen LogP contribution in [0.1, 0.15) is 25.3 Å². The summed E-state index contributed by atoms with van der Waals surface area (Å²) in [6.45, 7) is 3.16. The third-order valence-corrected chi connectivity index (χ3v) is 3.25. The van der Waals surface area contributed by atoms with Crippen molar-refractivity contribution in [2.24, 2.45) is 0 Å². The van der Waals surface area contributed by atoms with E-state index in [1.807, 2.05) is 0 Å². The summed E-state index contributed by atoms with van der Waals surface area (Å²) in [7, 11) is 0. The Hall–Kier alpha value is -2.26. The zero-order valence-electron chi connectivity index (χ0n) is 12.0. The molecule has 2 aromatic rings. The van der Waals surface area contributed by atoms with Crippen molar-refractivity contribution in [3.05, 3.63) is 29.1 Å². The van der Waals surface area contributed by atoms with Crippen LogP contribution >= 0.6 is 0 Å². The minimum absolute atomic E-state index is 0.0763. The topological polar surface area (TPSA) is 95.9 Å². The Balaban J connectivity index is 3.07. The van der Waals surface area contributed by atoms with Gasteiger partial charge in [-0.05, 0) is 17.5 Å². The zero-order valence-corrected chi connectivity index (χ0v) is 12.0. The van der Waals surface area contributed by atoms with Crippen LogP contribution in [0.3, 0.4) is 0 Å². The van der Waals surface area contributed by atoms with Crippen molar-refractivity contribution in [2.45, 2.75) is 26.0 Å². The van der Waals surface area contributed by atoms with Gasteiger partial charge in [-0.15, -0.1) is 4.39 Å². The number of ether oxygens (including phenoxy) is 1. The number of nitrogens with two attached hydrogens (primary N) is 1. The van der Waals surface area contributed by atoms with E-state index in [9.17, 15) is 22.7 Å². The molecule has 0 aliphatic heterocycles. The first-order valence-electron chi connectivity index (χ1n) is 6.39. The van der Waals surface area contributed by atoms with E-state index in [4.69, 9.17) is 15.9 Å². The van der Waals surface area contributed by atoms with Crippen molar-refractivity contribution in [2.75, 3.05) is 5.73 Å². The lowest BCUT2D eigenvalue weighted by Crippen LogP contribution is -2.30. The summed E-state index contributed by atoms with van der Waals surface area (Å²) in [6, 6.07) is 1.14. The number of halogens is 4. The molecular formula is C14H13F4NO4. The van der Waals surface area contributed by atoms with Gasteiger partial charge in [0.25, 0.3) is 0 Å². The SMILES string of the molecule is CC(C)c1cc(N)c(O)c2c(F)c(F)c(F)c(OC(O)(O)F)c12. The Morgan fingerprint density at radius 3 is 2.13 bits per heavy atom. The standard InChI is InChI=1S/C14H13F4NO4/c1-4(2)5-3-6(19)12(20)8-7(5)13(23-14(18,21)22)11(17)10(16)9(8)15/h3-4,20-22H,19H2,1-2H3. The van der Waals surface area contributed by atoms with Gasteiger partial charge in [-0.1, -0.05) is 13.8 Å². The highest BCUT2D eigenvalue weighted by molar-refractivity contribution is 6.00. The quantitative estimate of drug-likeness (QED) is 0.227. The second-order valence-electron chi connectivity index (χ2n) is 5.21. The number of aliphatic hydroxyl groups is 2. The number of alkyl halides is 1. The Morgan fingerprint density at radius 1 is 1.09 bits per heavy atom. The van der Waals surface area contributed by atoms with E-state index in [0.717, 1.165) is 6.07 Å². The van der Waals surface area contributed by atoms with Gasteiger partial charge in [0, 0.05) is 5.39 Å². The number of benzene rings is 2. The molecule has 2 rings (SSSR count). The third kappa shape index (κ3) is 2.84. The van der Waals surface area contributed by atoms with E-state index in [-0.39, 0.29) is 11.3 Å². The summed E-state index contributed by atoms with van der Waals surface area (Å²) in [6.07, 6.45) is -4.34. The molecule has 5 nitrogen and oxygen atoms in total. The Labute approximate surface area is 127 Å². The first-order chi connectivity index (χ1) is 10.5. The molecule has 0 bridgehead atoms. The van der Waals surface area contributed by atoms with Gasteiger partial charge in [-0.2, -0.15) is 4.39 Å². The smallest absolute Gasteiger partial charge is 0.492 e. The van der Waals surface area contributed by atoms with E-state index >= 15 is 0 Å². The summed E-state index contributed by atoms with van der Waals surface area (Å²) < 4.78 is 58.6. The number of aromatic hydroxyl groups is 1. The molecule has 0 aliphatic carbocycles. The number of phenols is 1. The summed E-state index contributed by atoms with van der Waals surface area (Å²) in [5.74, 6) is -8.51. The normalized spacial score (nSPS) is 12.2. The summed E-state index contributed by atoms with van der Waals surface area (Å²) in [4.78, 5) is 0. The number of fused-ring (bicyclic) bond motifs is 1. The minimum atomic E-state index is -4.34. The number of hydrogen-bond acceptors (Lipinski definition) is 5. The molecular weight excluding hydrogens is 322 g/mol. The molecule has 0 amide bonds.